The van der Waals surface area contributed by atoms with Gasteiger partial charge >= 0.3 is 0 Å². The number of aromatic amines is 1. The van der Waals surface area contributed by atoms with E-state index in [1.54, 1.807) is 4.52 Å². The van der Waals surface area contributed by atoms with Crippen molar-refractivity contribution in [3.63, 3.8) is 0 Å². The molecular formula is C21H26N10O. The Hall–Kier alpha value is -3.60. The maximum atomic E-state index is 5.47. The quantitative estimate of drug-likeness (QED) is 0.402. The maximum absolute atomic E-state index is 5.47. The molecule has 1 fully saturated rings. The molecule has 0 radical (unpaired) electrons. The van der Waals surface area contributed by atoms with Crippen LogP contribution in [0.5, 0.6) is 0 Å². The van der Waals surface area contributed by atoms with Crippen LogP contribution in [-0.4, -0.2) is 59.5 Å². The Morgan fingerprint density at radius 1 is 1.16 bits per heavy atom. The second-order valence-corrected chi connectivity index (χ2v) is 8.18. The predicted octanol–water partition coefficient (Wildman–Crippen LogP) is 2.63. The molecule has 0 saturated carbocycles. The smallest absolute Gasteiger partial charge is 0.229 e. The third kappa shape index (κ3) is 4.24. The molecule has 0 bridgehead atoms. The van der Waals surface area contributed by atoms with Crippen LogP contribution in [0.4, 0.5) is 11.9 Å². The molecule has 3 aromatic heterocycles. The van der Waals surface area contributed by atoms with Gasteiger partial charge in [0.15, 0.2) is 5.65 Å². The number of tetrazole rings is 1. The topological polar surface area (TPSA) is 131 Å². The molecule has 4 aromatic rings. The average Bonchev–Trinajstić information content (AvgIpc) is 3.49. The fourth-order valence-electron chi connectivity index (χ4n) is 3.74. The number of nitrogens with one attached hydrogen (secondary N) is 3. The minimum Gasteiger partial charge on any atom is -0.381 e. The van der Waals surface area contributed by atoms with Crippen LogP contribution in [0.15, 0.2) is 30.5 Å². The van der Waals surface area contributed by atoms with E-state index in [4.69, 9.17) is 14.7 Å². The first kappa shape index (κ1) is 20.3. The van der Waals surface area contributed by atoms with Crippen LogP contribution in [0, 0.1) is 0 Å². The van der Waals surface area contributed by atoms with Crippen molar-refractivity contribution in [2.45, 2.75) is 45.2 Å². The zero-order valence-electron chi connectivity index (χ0n) is 18.1. The van der Waals surface area contributed by atoms with Crippen LogP contribution in [0.25, 0.3) is 17.0 Å². The Balaban J connectivity index is 1.39. The average molecular weight is 435 g/mol. The third-order valence-corrected chi connectivity index (χ3v) is 5.58. The van der Waals surface area contributed by atoms with Crippen LogP contribution in [-0.2, 0) is 11.3 Å². The van der Waals surface area contributed by atoms with E-state index in [0.717, 1.165) is 48.4 Å². The summed E-state index contributed by atoms with van der Waals surface area (Å²) in [5.41, 5.74) is 3.91. The van der Waals surface area contributed by atoms with Gasteiger partial charge in [-0.05, 0) is 29.5 Å². The lowest BCUT2D eigenvalue weighted by atomic mass is 10.1. The van der Waals surface area contributed by atoms with Crippen molar-refractivity contribution in [3.05, 3.63) is 41.6 Å². The molecule has 5 rings (SSSR count). The van der Waals surface area contributed by atoms with Crippen LogP contribution in [0.2, 0.25) is 0 Å². The van der Waals surface area contributed by atoms with Gasteiger partial charge in [-0.15, -0.1) is 10.2 Å². The monoisotopic (exact) mass is 434 g/mol. The molecule has 0 amide bonds. The van der Waals surface area contributed by atoms with Crippen LogP contribution in [0.3, 0.4) is 0 Å². The van der Waals surface area contributed by atoms with E-state index in [1.165, 1.54) is 0 Å². The zero-order chi connectivity index (χ0) is 21.9. The summed E-state index contributed by atoms with van der Waals surface area (Å²) in [4.78, 5) is 9.52. The van der Waals surface area contributed by atoms with Crippen molar-refractivity contribution in [1.29, 1.82) is 0 Å². The number of H-pyrrole nitrogens is 1. The lowest BCUT2D eigenvalue weighted by Gasteiger charge is -2.23. The maximum Gasteiger partial charge on any atom is 0.229 e. The van der Waals surface area contributed by atoms with Crippen LogP contribution in [0.1, 0.15) is 43.7 Å². The Morgan fingerprint density at radius 2 is 1.97 bits per heavy atom. The van der Waals surface area contributed by atoms with Gasteiger partial charge in [-0.3, -0.25) is 0 Å². The van der Waals surface area contributed by atoms with Crippen LogP contribution >= 0.6 is 0 Å². The Bertz CT molecular complexity index is 1160. The molecule has 0 spiro atoms. The van der Waals surface area contributed by atoms with Gasteiger partial charge in [-0.1, -0.05) is 38.1 Å². The van der Waals surface area contributed by atoms with Gasteiger partial charge in [0.05, 0.1) is 6.20 Å². The molecule has 0 atom stereocenters. The van der Waals surface area contributed by atoms with Crippen molar-refractivity contribution in [2.75, 3.05) is 23.8 Å². The molecule has 166 valence electrons. The van der Waals surface area contributed by atoms with Gasteiger partial charge in [0.1, 0.15) is 0 Å². The zero-order valence-corrected chi connectivity index (χ0v) is 18.1. The SMILES string of the molecule is CC(C)c1cnn2c(NCc3ccc(-c4nn[nH]n4)cc3)nc(NC3CCOCC3)nc12. The highest BCUT2D eigenvalue weighted by atomic mass is 16.5. The number of rotatable bonds is 7. The highest BCUT2D eigenvalue weighted by Crippen LogP contribution is 2.23. The van der Waals surface area contributed by atoms with Crippen molar-refractivity contribution in [2.24, 2.45) is 0 Å². The number of aromatic nitrogens is 8. The number of ether oxygens (including phenoxy) is 1. The Kier molecular flexibility index (Phi) is 5.63. The van der Waals surface area contributed by atoms with Gasteiger partial charge in [0.2, 0.25) is 17.7 Å². The molecule has 1 aromatic carbocycles. The normalized spacial score (nSPS) is 14.8. The minimum atomic E-state index is 0.308. The van der Waals surface area contributed by atoms with Crippen molar-refractivity contribution >= 4 is 17.5 Å². The van der Waals surface area contributed by atoms with E-state index in [1.807, 2.05) is 30.5 Å². The fraction of sp³-hybridized carbons (Fsp3) is 0.429. The minimum absolute atomic E-state index is 0.308. The Morgan fingerprint density at radius 3 is 2.69 bits per heavy atom. The van der Waals surface area contributed by atoms with E-state index >= 15 is 0 Å². The molecule has 0 unspecified atom stereocenters. The third-order valence-electron chi connectivity index (χ3n) is 5.58. The summed E-state index contributed by atoms with van der Waals surface area (Å²) in [5, 5.41) is 25.5. The second kappa shape index (κ2) is 8.87. The second-order valence-electron chi connectivity index (χ2n) is 8.18. The largest absolute Gasteiger partial charge is 0.381 e. The van der Waals surface area contributed by atoms with Crippen molar-refractivity contribution in [3.8, 4) is 11.4 Å². The molecule has 1 aliphatic heterocycles. The molecule has 1 aliphatic rings. The number of benzene rings is 1. The highest BCUT2D eigenvalue weighted by Gasteiger charge is 2.19. The lowest BCUT2D eigenvalue weighted by molar-refractivity contribution is 0.0903. The summed E-state index contributed by atoms with van der Waals surface area (Å²) in [5.74, 6) is 2.15. The number of nitrogens with zero attached hydrogens (tertiary/aromatic N) is 7. The number of hydrogen-bond acceptors (Lipinski definition) is 9. The van der Waals surface area contributed by atoms with E-state index in [9.17, 15) is 0 Å². The lowest BCUT2D eigenvalue weighted by Crippen LogP contribution is -2.29. The molecule has 32 heavy (non-hydrogen) atoms. The van der Waals surface area contributed by atoms with Crippen LogP contribution < -0.4 is 10.6 Å². The first-order valence-corrected chi connectivity index (χ1v) is 10.8. The van der Waals surface area contributed by atoms with Crippen molar-refractivity contribution < 1.29 is 4.74 Å². The van der Waals surface area contributed by atoms with Gasteiger partial charge in [-0.25, -0.2) is 0 Å². The first-order valence-electron chi connectivity index (χ1n) is 10.8. The predicted molar refractivity (Wildman–Crippen MR) is 119 cm³/mol. The summed E-state index contributed by atoms with van der Waals surface area (Å²) < 4.78 is 7.24. The molecule has 11 heteroatoms. The van der Waals surface area contributed by atoms with Gasteiger partial charge < -0.3 is 15.4 Å². The summed E-state index contributed by atoms with van der Waals surface area (Å²) in [6, 6.07) is 8.31. The Labute approximate surface area is 185 Å². The molecular weight excluding hydrogens is 408 g/mol. The van der Waals surface area contributed by atoms with E-state index in [2.05, 4.69) is 50.2 Å². The van der Waals surface area contributed by atoms with E-state index in [-0.39, 0.29) is 0 Å². The number of hydrogen-bond donors (Lipinski definition) is 3. The van der Waals surface area contributed by atoms with E-state index < -0.39 is 0 Å². The molecule has 4 heterocycles. The standard InChI is InChI=1S/C21H26N10O/c1-13(2)17-12-23-31-19(17)25-20(24-16-7-9-32-10-8-16)26-21(31)22-11-14-3-5-15(6-4-14)18-27-29-30-28-18/h3-6,12-13,16H,7-11H2,1-2H3,(H2,22,24,25,26)(H,27,28,29,30). The first-order chi connectivity index (χ1) is 15.7. The van der Waals surface area contributed by atoms with Gasteiger partial charge in [0, 0.05) is 36.9 Å². The van der Waals surface area contributed by atoms with Gasteiger partial charge in [-0.2, -0.15) is 24.8 Å². The molecule has 11 nitrogen and oxygen atoms in total. The summed E-state index contributed by atoms with van der Waals surface area (Å²) in [6.45, 7) is 6.39. The molecule has 1 saturated heterocycles. The highest BCUT2D eigenvalue weighted by molar-refractivity contribution is 5.57. The van der Waals surface area contributed by atoms with Crippen molar-refractivity contribution in [1.82, 2.24) is 40.2 Å². The fourth-order valence-corrected chi connectivity index (χ4v) is 3.74. The number of fused-ring (bicyclic) bond motifs is 1. The van der Waals surface area contributed by atoms with Gasteiger partial charge in [0.25, 0.3) is 0 Å². The molecule has 0 aliphatic carbocycles. The summed E-state index contributed by atoms with van der Waals surface area (Å²) >= 11 is 0. The number of anilines is 2. The summed E-state index contributed by atoms with van der Waals surface area (Å²) in [6.07, 6.45) is 3.76. The van der Waals surface area contributed by atoms with E-state index in [0.29, 0.717) is 36.2 Å². The summed E-state index contributed by atoms with van der Waals surface area (Å²) in [7, 11) is 0. The molecule has 3 N–H and O–H groups in total.